The summed E-state index contributed by atoms with van der Waals surface area (Å²) in [7, 11) is 0. The van der Waals surface area contributed by atoms with Crippen molar-refractivity contribution in [3.8, 4) is 0 Å². The minimum atomic E-state index is 0.0274. The fraction of sp³-hybridized carbons (Fsp3) is 0.583. The Morgan fingerprint density at radius 1 is 1.59 bits per heavy atom. The van der Waals surface area contributed by atoms with Crippen molar-refractivity contribution in [3.63, 3.8) is 0 Å². The lowest BCUT2D eigenvalue weighted by molar-refractivity contribution is -0.122. The van der Waals surface area contributed by atoms with Crippen LogP contribution in [0.2, 0.25) is 0 Å². The van der Waals surface area contributed by atoms with Crippen molar-refractivity contribution >= 4 is 17.2 Å². The predicted octanol–water partition coefficient (Wildman–Crippen LogP) is 0.958. The highest BCUT2D eigenvalue weighted by atomic mass is 32.1. The van der Waals surface area contributed by atoms with Crippen LogP contribution in [-0.4, -0.2) is 36.5 Å². The first-order chi connectivity index (χ1) is 8.18. The first-order valence-corrected chi connectivity index (χ1v) is 6.86. The summed E-state index contributed by atoms with van der Waals surface area (Å²) >= 11 is 1.71. The average Bonchev–Trinajstić information content (AvgIpc) is 2.69. The van der Waals surface area contributed by atoms with E-state index in [-0.39, 0.29) is 18.0 Å². The third kappa shape index (κ3) is 3.06. The van der Waals surface area contributed by atoms with E-state index in [0.717, 1.165) is 19.5 Å². The molecule has 0 aromatic carbocycles. The molecule has 17 heavy (non-hydrogen) atoms. The summed E-state index contributed by atoms with van der Waals surface area (Å²) < 4.78 is 0. The molecule has 1 aliphatic heterocycles. The summed E-state index contributed by atoms with van der Waals surface area (Å²) in [5.41, 5.74) is 6.09. The lowest BCUT2D eigenvalue weighted by Crippen LogP contribution is -2.42. The molecule has 2 unspecified atom stereocenters. The normalized spacial score (nSPS) is 21.6. The summed E-state index contributed by atoms with van der Waals surface area (Å²) in [6.07, 6.45) is 0.986. The zero-order valence-corrected chi connectivity index (χ0v) is 10.9. The Hall–Kier alpha value is -0.910. The molecule has 1 saturated heterocycles. The van der Waals surface area contributed by atoms with Crippen molar-refractivity contribution in [1.29, 1.82) is 0 Å². The van der Waals surface area contributed by atoms with Crippen molar-refractivity contribution in [2.75, 3.05) is 19.6 Å². The van der Waals surface area contributed by atoms with Gasteiger partial charge in [0.1, 0.15) is 0 Å². The molecule has 3 N–H and O–H groups in total. The summed E-state index contributed by atoms with van der Waals surface area (Å²) in [5.74, 6) is 0.102. The molecule has 1 fully saturated rings. The number of carbonyl (C=O) groups is 1. The molecule has 5 heteroatoms. The Morgan fingerprint density at radius 2 is 2.41 bits per heavy atom. The Morgan fingerprint density at radius 3 is 3.06 bits per heavy atom. The fourth-order valence-corrected chi connectivity index (χ4v) is 3.27. The molecule has 1 aliphatic rings. The van der Waals surface area contributed by atoms with Crippen LogP contribution in [0.3, 0.4) is 0 Å². The van der Waals surface area contributed by atoms with Gasteiger partial charge in [0.25, 0.3) is 0 Å². The van der Waals surface area contributed by atoms with Gasteiger partial charge < -0.3 is 11.1 Å². The maximum atomic E-state index is 11.6. The number of nitrogens with zero attached hydrogens (tertiary/aromatic N) is 1. The summed E-state index contributed by atoms with van der Waals surface area (Å²) in [5, 5.41) is 4.95. The van der Waals surface area contributed by atoms with E-state index < -0.39 is 0 Å². The molecule has 1 aromatic rings. The van der Waals surface area contributed by atoms with E-state index in [9.17, 15) is 4.79 Å². The number of amides is 1. The topological polar surface area (TPSA) is 58.4 Å². The van der Waals surface area contributed by atoms with Gasteiger partial charge in [-0.05, 0) is 24.8 Å². The predicted molar refractivity (Wildman–Crippen MR) is 69.9 cm³/mol. The molecular formula is C12H19N3OS. The highest BCUT2D eigenvalue weighted by Crippen LogP contribution is 2.27. The maximum absolute atomic E-state index is 11.6. The number of carbonyl (C=O) groups excluding carboxylic acids is 1. The van der Waals surface area contributed by atoms with Crippen LogP contribution in [0.15, 0.2) is 17.5 Å². The Bertz CT molecular complexity index is 364. The molecule has 1 aromatic heterocycles. The van der Waals surface area contributed by atoms with Crippen LogP contribution in [0.5, 0.6) is 0 Å². The number of hydrogen-bond acceptors (Lipinski definition) is 4. The molecule has 0 spiro atoms. The SMILES string of the molecule is CC(N)C(c1cccs1)N1CCCNC(=O)C1. The van der Waals surface area contributed by atoms with Gasteiger partial charge in [0.05, 0.1) is 12.6 Å². The monoisotopic (exact) mass is 253 g/mol. The highest BCUT2D eigenvalue weighted by molar-refractivity contribution is 7.10. The van der Waals surface area contributed by atoms with Gasteiger partial charge in [0.15, 0.2) is 0 Å². The molecule has 2 rings (SSSR count). The Kier molecular flexibility index (Phi) is 4.15. The van der Waals surface area contributed by atoms with Crippen LogP contribution in [0.4, 0.5) is 0 Å². The van der Waals surface area contributed by atoms with Gasteiger partial charge in [-0.1, -0.05) is 6.07 Å². The van der Waals surface area contributed by atoms with Crippen LogP contribution in [-0.2, 0) is 4.79 Å². The lowest BCUT2D eigenvalue weighted by Gasteiger charge is -2.31. The number of hydrogen-bond donors (Lipinski definition) is 2. The average molecular weight is 253 g/mol. The number of nitrogens with one attached hydrogen (secondary N) is 1. The number of rotatable bonds is 3. The van der Waals surface area contributed by atoms with E-state index in [2.05, 4.69) is 21.7 Å². The second kappa shape index (κ2) is 5.62. The molecule has 0 radical (unpaired) electrons. The molecule has 4 nitrogen and oxygen atoms in total. The van der Waals surface area contributed by atoms with E-state index in [4.69, 9.17) is 5.73 Å². The summed E-state index contributed by atoms with van der Waals surface area (Å²) in [6.45, 7) is 4.14. The molecule has 2 heterocycles. The fourth-order valence-electron chi connectivity index (χ4n) is 2.30. The molecule has 2 atom stereocenters. The molecule has 94 valence electrons. The van der Waals surface area contributed by atoms with Gasteiger partial charge in [-0.2, -0.15) is 0 Å². The van der Waals surface area contributed by atoms with Crippen molar-refractivity contribution in [2.24, 2.45) is 5.73 Å². The number of thiophene rings is 1. The Balaban J connectivity index is 2.17. The van der Waals surface area contributed by atoms with Crippen LogP contribution in [0.1, 0.15) is 24.3 Å². The zero-order valence-electron chi connectivity index (χ0n) is 10.1. The van der Waals surface area contributed by atoms with Gasteiger partial charge >= 0.3 is 0 Å². The maximum Gasteiger partial charge on any atom is 0.234 e. The first-order valence-electron chi connectivity index (χ1n) is 5.98. The second-order valence-electron chi connectivity index (χ2n) is 4.49. The van der Waals surface area contributed by atoms with Gasteiger partial charge in [-0.3, -0.25) is 9.69 Å². The molecule has 1 amide bonds. The van der Waals surface area contributed by atoms with Crippen molar-refractivity contribution < 1.29 is 4.79 Å². The summed E-state index contributed by atoms with van der Waals surface area (Å²) in [4.78, 5) is 15.0. The van der Waals surface area contributed by atoms with Crippen LogP contribution >= 0.6 is 11.3 Å². The van der Waals surface area contributed by atoms with E-state index in [1.165, 1.54) is 4.88 Å². The molecule has 0 saturated carbocycles. The smallest absolute Gasteiger partial charge is 0.234 e. The highest BCUT2D eigenvalue weighted by Gasteiger charge is 2.27. The van der Waals surface area contributed by atoms with E-state index >= 15 is 0 Å². The molecule has 0 aliphatic carbocycles. The van der Waals surface area contributed by atoms with Gasteiger partial charge in [-0.25, -0.2) is 0 Å². The standard InChI is InChI=1S/C12H19N3OS/c1-9(13)12(10-4-2-7-17-10)15-6-3-5-14-11(16)8-15/h2,4,7,9,12H,3,5-6,8,13H2,1H3,(H,14,16). The van der Waals surface area contributed by atoms with Gasteiger partial charge in [0.2, 0.25) is 5.91 Å². The lowest BCUT2D eigenvalue weighted by atomic mass is 10.1. The molecular weight excluding hydrogens is 234 g/mol. The number of nitrogens with two attached hydrogens (primary N) is 1. The van der Waals surface area contributed by atoms with E-state index in [1.807, 2.05) is 13.0 Å². The van der Waals surface area contributed by atoms with Crippen molar-refractivity contribution in [3.05, 3.63) is 22.4 Å². The van der Waals surface area contributed by atoms with E-state index in [1.54, 1.807) is 11.3 Å². The minimum Gasteiger partial charge on any atom is -0.355 e. The van der Waals surface area contributed by atoms with Crippen LogP contribution in [0.25, 0.3) is 0 Å². The molecule has 0 bridgehead atoms. The van der Waals surface area contributed by atoms with E-state index in [0.29, 0.717) is 6.54 Å². The third-order valence-corrected chi connectivity index (χ3v) is 3.96. The second-order valence-corrected chi connectivity index (χ2v) is 5.47. The Labute approximate surface area is 106 Å². The minimum absolute atomic E-state index is 0.0274. The van der Waals surface area contributed by atoms with Crippen molar-refractivity contribution in [1.82, 2.24) is 10.2 Å². The van der Waals surface area contributed by atoms with Gasteiger partial charge in [-0.15, -0.1) is 11.3 Å². The summed E-state index contributed by atoms with van der Waals surface area (Å²) in [6, 6.07) is 4.31. The third-order valence-electron chi connectivity index (χ3n) is 3.02. The van der Waals surface area contributed by atoms with Crippen molar-refractivity contribution in [2.45, 2.75) is 25.4 Å². The largest absolute Gasteiger partial charge is 0.355 e. The zero-order chi connectivity index (χ0) is 12.3. The quantitative estimate of drug-likeness (QED) is 0.843. The van der Waals surface area contributed by atoms with Gasteiger partial charge in [0, 0.05) is 24.0 Å². The first kappa shape index (κ1) is 12.5. The van der Waals surface area contributed by atoms with Crippen LogP contribution in [0, 0.1) is 0 Å². The van der Waals surface area contributed by atoms with Crippen LogP contribution < -0.4 is 11.1 Å².